The number of aromatic amines is 2. The standard InChI is InChI=1S/C31H38N6O4/c1-5-41-30(39)27-20(4)34-28(37-27)25(16-22-18-32-24-14-10-9-13-23(22)24)35-29(38)26(15-19(2)3)36-31(40)33-17-21-11-7-6-8-12-21/h6-14,18-19,25-26,32H,5,15-17H2,1-4H3,(H,34,37)(H,35,38)(H2,33,36,40)/t25-,26+/m1/s1. The van der Waals surface area contributed by atoms with Gasteiger partial charge >= 0.3 is 12.0 Å². The van der Waals surface area contributed by atoms with Gasteiger partial charge in [-0.3, -0.25) is 4.79 Å². The van der Waals surface area contributed by atoms with Gasteiger partial charge < -0.3 is 30.7 Å². The van der Waals surface area contributed by atoms with Gasteiger partial charge in [-0.05, 0) is 43.4 Å². The van der Waals surface area contributed by atoms with Crippen molar-refractivity contribution in [2.24, 2.45) is 5.92 Å². The average Bonchev–Trinajstić information content (AvgIpc) is 3.55. The van der Waals surface area contributed by atoms with Crippen LogP contribution in [0.15, 0.2) is 60.8 Å². The Labute approximate surface area is 239 Å². The minimum atomic E-state index is -0.781. The number of esters is 1. The molecule has 41 heavy (non-hydrogen) atoms. The molecule has 2 aromatic carbocycles. The average molecular weight is 559 g/mol. The molecule has 4 rings (SSSR count). The largest absolute Gasteiger partial charge is 0.461 e. The van der Waals surface area contributed by atoms with Crippen LogP contribution in [0.3, 0.4) is 0 Å². The third-order valence-corrected chi connectivity index (χ3v) is 6.74. The van der Waals surface area contributed by atoms with Crippen LogP contribution < -0.4 is 16.0 Å². The first-order valence-electron chi connectivity index (χ1n) is 13.9. The minimum absolute atomic E-state index is 0.147. The molecule has 3 amide bonds. The fraction of sp³-hybridized carbons (Fsp3) is 0.355. The summed E-state index contributed by atoms with van der Waals surface area (Å²) in [6.07, 6.45) is 2.75. The summed E-state index contributed by atoms with van der Waals surface area (Å²) in [5.74, 6) is -0.293. The number of amides is 3. The zero-order valence-corrected chi connectivity index (χ0v) is 23.9. The molecule has 10 heteroatoms. The van der Waals surface area contributed by atoms with E-state index in [2.05, 4.69) is 30.9 Å². The quantitative estimate of drug-likeness (QED) is 0.160. The molecule has 216 valence electrons. The molecule has 0 saturated heterocycles. The Hall–Kier alpha value is -4.60. The number of aryl methyl sites for hydroxylation is 1. The Bertz CT molecular complexity index is 1480. The number of rotatable bonds is 12. The molecule has 2 aromatic heterocycles. The fourth-order valence-electron chi connectivity index (χ4n) is 4.75. The molecule has 0 fully saturated rings. The Kier molecular flexibility index (Phi) is 9.78. The van der Waals surface area contributed by atoms with E-state index in [0.29, 0.717) is 30.9 Å². The summed E-state index contributed by atoms with van der Waals surface area (Å²) in [7, 11) is 0. The summed E-state index contributed by atoms with van der Waals surface area (Å²) in [6, 6.07) is 15.7. The molecule has 0 bridgehead atoms. The molecule has 2 atom stereocenters. The molecule has 0 radical (unpaired) electrons. The third-order valence-electron chi connectivity index (χ3n) is 6.74. The summed E-state index contributed by atoms with van der Waals surface area (Å²) in [5.41, 5.74) is 3.64. The maximum Gasteiger partial charge on any atom is 0.358 e. The lowest BCUT2D eigenvalue weighted by Gasteiger charge is -2.24. The second-order valence-corrected chi connectivity index (χ2v) is 10.4. The summed E-state index contributed by atoms with van der Waals surface area (Å²) < 4.78 is 5.16. The van der Waals surface area contributed by atoms with Crippen molar-refractivity contribution in [2.75, 3.05) is 6.61 Å². The monoisotopic (exact) mass is 558 g/mol. The number of ether oxygens (including phenoxy) is 1. The van der Waals surface area contributed by atoms with Gasteiger partial charge in [0.05, 0.1) is 12.6 Å². The molecular formula is C31H38N6O4. The molecule has 0 aliphatic rings. The van der Waals surface area contributed by atoms with Crippen LogP contribution in [0, 0.1) is 12.8 Å². The lowest BCUT2D eigenvalue weighted by Crippen LogP contribution is -2.51. The number of carbonyl (C=O) groups excluding carboxylic acids is 3. The van der Waals surface area contributed by atoms with Crippen LogP contribution in [0.1, 0.15) is 66.4 Å². The molecule has 0 aliphatic heterocycles. The zero-order valence-electron chi connectivity index (χ0n) is 23.9. The van der Waals surface area contributed by atoms with Gasteiger partial charge in [0.15, 0.2) is 5.69 Å². The van der Waals surface area contributed by atoms with Crippen LogP contribution in [0.5, 0.6) is 0 Å². The van der Waals surface area contributed by atoms with Gasteiger partial charge in [-0.2, -0.15) is 0 Å². The van der Waals surface area contributed by atoms with Crippen molar-refractivity contribution >= 4 is 28.8 Å². The number of para-hydroxylation sites is 1. The predicted octanol–water partition coefficient (Wildman–Crippen LogP) is 4.69. The highest BCUT2D eigenvalue weighted by Crippen LogP contribution is 2.25. The Balaban J connectivity index is 1.56. The van der Waals surface area contributed by atoms with Crippen LogP contribution in [0.25, 0.3) is 10.9 Å². The van der Waals surface area contributed by atoms with Crippen LogP contribution >= 0.6 is 0 Å². The van der Waals surface area contributed by atoms with Crippen molar-refractivity contribution in [3.05, 3.63) is 89.1 Å². The number of fused-ring (bicyclic) bond motifs is 1. The number of benzene rings is 2. The highest BCUT2D eigenvalue weighted by molar-refractivity contribution is 5.89. The second kappa shape index (κ2) is 13.6. The van der Waals surface area contributed by atoms with Crippen molar-refractivity contribution in [1.82, 2.24) is 30.9 Å². The third kappa shape index (κ3) is 7.75. The van der Waals surface area contributed by atoms with Gasteiger partial charge in [-0.15, -0.1) is 0 Å². The van der Waals surface area contributed by atoms with Gasteiger partial charge in [0.25, 0.3) is 0 Å². The number of hydrogen-bond donors (Lipinski definition) is 5. The van der Waals surface area contributed by atoms with Gasteiger partial charge in [0, 0.05) is 35.8 Å². The van der Waals surface area contributed by atoms with Crippen molar-refractivity contribution in [2.45, 2.75) is 59.2 Å². The van der Waals surface area contributed by atoms with Gasteiger partial charge in [-0.25, -0.2) is 14.6 Å². The number of nitrogens with zero attached hydrogens (tertiary/aromatic N) is 1. The highest BCUT2D eigenvalue weighted by Gasteiger charge is 2.28. The maximum atomic E-state index is 13.7. The number of aromatic nitrogens is 3. The fourth-order valence-corrected chi connectivity index (χ4v) is 4.75. The molecule has 4 aromatic rings. The van der Waals surface area contributed by atoms with Gasteiger partial charge in [0.2, 0.25) is 5.91 Å². The summed E-state index contributed by atoms with van der Waals surface area (Å²) in [5, 5.41) is 9.79. The number of urea groups is 1. The first-order valence-corrected chi connectivity index (χ1v) is 13.9. The number of imidazole rings is 1. The molecule has 0 aliphatic carbocycles. The first kappa shape index (κ1) is 29.4. The maximum absolute atomic E-state index is 13.7. The molecule has 0 saturated carbocycles. The number of carbonyl (C=O) groups is 3. The van der Waals surface area contributed by atoms with E-state index >= 15 is 0 Å². The second-order valence-electron chi connectivity index (χ2n) is 10.4. The lowest BCUT2D eigenvalue weighted by molar-refractivity contribution is -0.124. The lowest BCUT2D eigenvalue weighted by atomic mass is 10.0. The van der Waals surface area contributed by atoms with E-state index in [0.717, 1.165) is 22.0 Å². The van der Waals surface area contributed by atoms with Crippen molar-refractivity contribution in [1.29, 1.82) is 0 Å². The zero-order chi connectivity index (χ0) is 29.4. The molecule has 0 spiro atoms. The smallest absolute Gasteiger partial charge is 0.358 e. The Morgan fingerprint density at radius 1 is 1.00 bits per heavy atom. The van der Waals surface area contributed by atoms with Crippen LogP contribution in [0.4, 0.5) is 4.79 Å². The topological polar surface area (TPSA) is 141 Å². The van der Waals surface area contributed by atoms with Crippen molar-refractivity contribution in [3.63, 3.8) is 0 Å². The van der Waals surface area contributed by atoms with E-state index in [-0.39, 0.29) is 24.1 Å². The minimum Gasteiger partial charge on any atom is -0.461 e. The molecule has 10 nitrogen and oxygen atoms in total. The van der Waals surface area contributed by atoms with E-state index in [9.17, 15) is 14.4 Å². The van der Waals surface area contributed by atoms with Crippen LogP contribution in [-0.4, -0.2) is 45.5 Å². The van der Waals surface area contributed by atoms with Crippen LogP contribution in [-0.2, 0) is 22.5 Å². The summed E-state index contributed by atoms with van der Waals surface area (Å²) >= 11 is 0. The Morgan fingerprint density at radius 3 is 2.46 bits per heavy atom. The van der Waals surface area contributed by atoms with E-state index in [1.165, 1.54) is 0 Å². The normalized spacial score (nSPS) is 12.6. The number of H-pyrrole nitrogens is 2. The highest BCUT2D eigenvalue weighted by atomic mass is 16.5. The van der Waals surface area contributed by atoms with E-state index in [1.54, 1.807) is 13.8 Å². The van der Waals surface area contributed by atoms with Crippen molar-refractivity contribution in [3.8, 4) is 0 Å². The molecule has 0 unspecified atom stereocenters. The molecular weight excluding hydrogens is 520 g/mol. The number of nitrogens with one attached hydrogen (secondary N) is 5. The van der Waals surface area contributed by atoms with Crippen LogP contribution in [0.2, 0.25) is 0 Å². The SMILES string of the molecule is CCOC(=O)c1nc([C@@H](Cc2c[nH]c3ccccc23)NC(=O)[C@H](CC(C)C)NC(=O)NCc2ccccc2)[nH]c1C. The summed E-state index contributed by atoms with van der Waals surface area (Å²) in [4.78, 5) is 49.9. The number of hydrogen-bond acceptors (Lipinski definition) is 5. The Morgan fingerprint density at radius 2 is 1.73 bits per heavy atom. The van der Waals surface area contributed by atoms with Gasteiger partial charge in [-0.1, -0.05) is 62.4 Å². The molecule has 5 N–H and O–H groups in total. The van der Waals surface area contributed by atoms with E-state index in [1.807, 2.05) is 74.6 Å². The predicted molar refractivity (Wildman–Crippen MR) is 157 cm³/mol. The first-order chi connectivity index (χ1) is 19.7. The van der Waals surface area contributed by atoms with E-state index < -0.39 is 24.1 Å². The molecule has 2 heterocycles. The van der Waals surface area contributed by atoms with Crippen molar-refractivity contribution < 1.29 is 19.1 Å². The summed E-state index contributed by atoms with van der Waals surface area (Å²) in [6.45, 7) is 8.04. The van der Waals surface area contributed by atoms with Gasteiger partial charge in [0.1, 0.15) is 11.9 Å². The van der Waals surface area contributed by atoms with E-state index in [4.69, 9.17) is 4.74 Å².